The summed E-state index contributed by atoms with van der Waals surface area (Å²) in [6.07, 6.45) is 1.53. The molecule has 0 saturated carbocycles. The summed E-state index contributed by atoms with van der Waals surface area (Å²) in [6.45, 7) is 4.81. The zero-order valence-electron chi connectivity index (χ0n) is 13.5. The van der Waals surface area contributed by atoms with Crippen LogP contribution in [0.5, 0.6) is 11.6 Å². The van der Waals surface area contributed by atoms with Crippen LogP contribution in [0.2, 0.25) is 0 Å². The normalized spacial score (nSPS) is 15.0. The summed E-state index contributed by atoms with van der Waals surface area (Å²) < 4.78 is 10.9. The number of carbonyl (C=O) groups is 1. The average molecular weight is 327 g/mol. The molecule has 1 aliphatic heterocycles. The fourth-order valence-corrected chi connectivity index (χ4v) is 2.44. The van der Waals surface area contributed by atoms with E-state index in [1.165, 1.54) is 6.20 Å². The Morgan fingerprint density at radius 2 is 1.96 bits per heavy atom. The lowest BCUT2D eigenvalue weighted by atomic mass is 10.2. The number of benzene rings is 1. The van der Waals surface area contributed by atoms with Crippen molar-refractivity contribution in [2.24, 2.45) is 0 Å². The largest absolute Gasteiger partial charge is 0.439 e. The molecule has 1 amide bonds. The van der Waals surface area contributed by atoms with Crippen LogP contribution in [0.4, 0.5) is 0 Å². The van der Waals surface area contributed by atoms with Crippen LogP contribution in [0.25, 0.3) is 0 Å². The summed E-state index contributed by atoms with van der Waals surface area (Å²) in [5.74, 6) is 1.06. The molecule has 0 spiro atoms. The van der Waals surface area contributed by atoms with Crippen LogP contribution in [0.15, 0.2) is 48.7 Å². The highest BCUT2D eigenvalue weighted by Gasteiger charge is 2.11. The van der Waals surface area contributed by atoms with Crippen molar-refractivity contribution in [3.8, 4) is 11.6 Å². The quantitative estimate of drug-likeness (QED) is 0.878. The lowest BCUT2D eigenvalue weighted by molar-refractivity contribution is 0.0383. The highest BCUT2D eigenvalue weighted by Crippen LogP contribution is 2.18. The van der Waals surface area contributed by atoms with E-state index in [1.54, 1.807) is 12.1 Å². The van der Waals surface area contributed by atoms with Crippen molar-refractivity contribution in [2.75, 3.05) is 39.4 Å². The average Bonchev–Trinajstić information content (AvgIpc) is 2.64. The first-order valence-electron chi connectivity index (χ1n) is 8.08. The number of para-hydroxylation sites is 1. The van der Waals surface area contributed by atoms with Crippen molar-refractivity contribution in [2.45, 2.75) is 0 Å². The van der Waals surface area contributed by atoms with Gasteiger partial charge in [0.2, 0.25) is 5.88 Å². The number of nitrogens with one attached hydrogen (secondary N) is 1. The van der Waals surface area contributed by atoms with E-state index in [0.29, 0.717) is 23.7 Å². The van der Waals surface area contributed by atoms with Gasteiger partial charge in [0, 0.05) is 38.4 Å². The van der Waals surface area contributed by atoms with Crippen molar-refractivity contribution in [1.29, 1.82) is 0 Å². The minimum absolute atomic E-state index is 0.123. The Kier molecular flexibility index (Phi) is 5.76. The second kappa shape index (κ2) is 8.42. The van der Waals surface area contributed by atoms with Gasteiger partial charge in [-0.2, -0.15) is 0 Å². The third-order valence-corrected chi connectivity index (χ3v) is 3.78. The van der Waals surface area contributed by atoms with E-state index in [4.69, 9.17) is 9.47 Å². The SMILES string of the molecule is O=C(NCCN1CCOCC1)c1ccc(Oc2ccccc2)nc1. The molecule has 1 saturated heterocycles. The zero-order chi connectivity index (χ0) is 16.6. The molecule has 2 aromatic rings. The van der Waals surface area contributed by atoms with Crippen LogP contribution in [0.3, 0.4) is 0 Å². The number of amides is 1. The van der Waals surface area contributed by atoms with E-state index in [1.807, 2.05) is 30.3 Å². The number of hydrogen-bond acceptors (Lipinski definition) is 5. The molecule has 0 bridgehead atoms. The first-order valence-corrected chi connectivity index (χ1v) is 8.08. The van der Waals surface area contributed by atoms with Gasteiger partial charge in [-0.15, -0.1) is 0 Å². The van der Waals surface area contributed by atoms with Crippen molar-refractivity contribution in [3.63, 3.8) is 0 Å². The van der Waals surface area contributed by atoms with Crippen molar-refractivity contribution < 1.29 is 14.3 Å². The van der Waals surface area contributed by atoms with Crippen molar-refractivity contribution in [3.05, 3.63) is 54.2 Å². The third-order valence-electron chi connectivity index (χ3n) is 3.78. The maximum atomic E-state index is 12.1. The standard InChI is InChI=1S/C18H21N3O3/c22-18(19-8-9-21-10-12-23-13-11-21)15-6-7-17(20-14-15)24-16-4-2-1-3-5-16/h1-7,14H,8-13H2,(H,19,22). The molecule has 1 aromatic carbocycles. The van der Waals surface area contributed by atoms with Gasteiger partial charge in [-0.3, -0.25) is 9.69 Å². The number of ether oxygens (including phenoxy) is 2. The lowest BCUT2D eigenvalue weighted by Crippen LogP contribution is -2.41. The molecule has 6 heteroatoms. The Morgan fingerprint density at radius 3 is 2.67 bits per heavy atom. The molecule has 0 atom stereocenters. The van der Waals surface area contributed by atoms with Crippen LogP contribution in [0, 0.1) is 0 Å². The summed E-state index contributed by atoms with van der Waals surface area (Å²) >= 11 is 0. The van der Waals surface area contributed by atoms with Crippen LogP contribution in [-0.4, -0.2) is 55.2 Å². The number of nitrogens with zero attached hydrogens (tertiary/aromatic N) is 2. The Labute approximate surface area is 141 Å². The van der Waals surface area contributed by atoms with Gasteiger partial charge >= 0.3 is 0 Å². The van der Waals surface area contributed by atoms with Crippen molar-refractivity contribution in [1.82, 2.24) is 15.2 Å². The smallest absolute Gasteiger partial charge is 0.252 e. The molecule has 0 aliphatic carbocycles. The highest BCUT2D eigenvalue weighted by molar-refractivity contribution is 5.93. The molecule has 0 unspecified atom stereocenters. The fraction of sp³-hybridized carbons (Fsp3) is 0.333. The van der Waals surface area contributed by atoms with E-state index in [2.05, 4.69) is 15.2 Å². The number of morpholine rings is 1. The van der Waals surface area contributed by atoms with Crippen LogP contribution in [-0.2, 0) is 4.74 Å². The molecule has 1 N–H and O–H groups in total. The maximum absolute atomic E-state index is 12.1. The van der Waals surface area contributed by atoms with Gasteiger partial charge in [-0.05, 0) is 18.2 Å². The molecule has 3 rings (SSSR count). The molecule has 6 nitrogen and oxygen atoms in total. The molecule has 1 aromatic heterocycles. The summed E-state index contributed by atoms with van der Waals surface area (Å²) in [5.41, 5.74) is 0.525. The molecule has 1 aliphatic rings. The summed E-state index contributed by atoms with van der Waals surface area (Å²) in [5, 5.41) is 2.91. The Morgan fingerprint density at radius 1 is 1.17 bits per heavy atom. The number of rotatable bonds is 6. The van der Waals surface area contributed by atoms with Gasteiger partial charge in [-0.25, -0.2) is 4.98 Å². The second-order valence-corrected chi connectivity index (χ2v) is 5.51. The van der Waals surface area contributed by atoms with Crippen LogP contribution < -0.4 is 10.1 Å². The van der Waals surface area contributed by atoms with Crippen molar-refractivity contribution >= 4 is 5.91 Å². The van der Waals surface area contributed by atoms with Gasteiger partial charge < -0.3 is 14.8 Å². The van der Waals surface area contributed by atoms with Crippen LogP contribution >= 0.6 is 0 Å². The van der Waals surface area contributed by atoms with Crippen LogP contribution in [0.1, 0.15) is 10.4 Å². The minimum Gasteiger partial charge on any atom is -0.439 e. The first kappa shape index (κ1) is 16.4. The molecule has 126 valence electrons. The van der Waals surface area contributed by atoms with Gasteiger partial charge in [-0.1, -0.05) is 18.2 Å². The number of hydrogen-bond donors (Lipinski definition) is 1. The van der Waals surface area contributed by atoms with E-state index in [0.717, 1.165) is 32.8 Å². The highest BCUT2D eigenvalue weighted by atomic mass is 16.5. The molecular weight excluding hydrogens is 306 g/mol. The zero-order valence-corrected chi connectivity index (χ0v) is 13.5. The van der Waals surface area contributed by atoms with Gasteiger partial charge in [0.1, 0.15) is 5.75 Å². The molecule has 2 heterocycles. The molecule has 1 fully saturated rings. The first-order chi connectivity index (χ1) is 11.8. The van der Waals surface area contributed by atoms with Gasteiger partial charge in [0.05, 0.1) is 18.8 Å². The molecule has 24 heavy (non-hydrogen) atoms. The third kappa shape index (κ3) is 4.78. The summed E-state index contributed by atoms with van der Waals surface area (Å²) in [6, 6.07) is 12.8. The molecule has 0 radical (unpaired) electrons. The van der Waals surface area contributed by atoms with Gasteiger partial charge in [0.15, 0.2) is 0 Å². The molecular formula is C18H21N3O3. The second-order valence-electron chi connectivity index (χ2n) is 5.51. The predicted octanol–water partition coefficient (Wildman–Crippen LogP) is 1.94. The topological polar surface area (TPSA) is 63.7 Å². The number of pyridine rings is 1. The Hall–Kier alpha value is -2.44. The van der Waals surface area contributed by atoms with E-state index in [9.17, 15) is 4.79 Å². The summed E-state index contributed by atoms with van der Waals surface area (Å²) in [7, 11) is 0. The van der Waals surface area contributed by atoms with E-state index < -0.39 is 0 Å². The Balaban J connectivity index is 1.46. The number of aromatic nitrogens is 1. The number of carbonyl (C=O) groups excluding carboxylic acids is 1. The Bertz CT molecular complexity index is 640. The van der Waals surface area contributed by atoms with Gasteiger partial charge in [0.25, 0.3) is 5.91 Å². The van der Waals surface area contributed by atoms with E-state index >= 15 is 0 Å². The predicted molar refractivity (Wildman–Crippen MR) is 90.3 cm³/mol. The fourth-order valence-electron chi connectivity index (χ4n) is 2.44. The lowest BCUT2D eigenvalue weighted by Gasteiger charge is -2.26. The summed E-state index contributed by atoms with van der Waals surface area (Å²) in [4.78, 5) is 18.6. The monoisotopic (exact) mass is 327 g/mol. The maximum Gasteiger partial charge on any atom is 0.252 e. The minimum atomic E-state index is -0.123. The van der Waals surface area contributed by atoms with E-state index in [-0.39, 0.29) is 5.91 Å².